The average molecular weight is 566 g/mol. The van der Waals surface area contributed by atoms with Gasteiger partial charge in [-0.05, 0) is 56.9 Å². The van der Waals surface area contributed by atoms with E-state index in [-0.39, 0.29) is 29.2 Å². The molecule has 1 aromatic carbocycles. The largest absolute Gasteiger partial charge is 0.494 e. The predicted octanol–water partition coefficient (Wildman–Crippen LogP) is 2.46. The van der Waals surface area contributed by atoms with Crippen molar-refractivity contribution in [3.63, 3.8) is 0 Å². The van der Waals surface area contributed by atoms with Crippen molar-refractivity contribution in [3.8, 4) is 5.75 Å². The minimum absolute atomic E-state index is 0.0130. The number of likely N-dealkylation sites (tertiary alicyclic amines) is 1. The number of rotatable bonds is 12. The van der Waals surface area contributed by atoms with E-state index in [1.165, 1.54) is 0 Å². The van der Waals surface area contributed by atoms with Crippen LogP contribution in [0.3, 0.4) is 0 Å². The number of hydrogen-bond donors (Lipinski definition) is 3. The topological polar surface area (TPSA) is 117 Å². The number of amides is 3. The summed E-state index contributed by atoms with van der Waals surface area (Å²) in [5, 5.41) is 15.2. The van der Waals surface area contributed by atoms with Crippen LogP contribution >= 0.6 is 15.9 Å². The van der Waals surface area contributed by atoms with Gasteiger partial charge in [0.1, 0.15) is 17.4 Å². The first-order valence-corrected chi connectivity index (χ1v) is 13.8. The highest BCUT2D eigenvalue weighted by Crippen LogP contribution is 2.60. The van der Waals surface area contributed by atoms with Gasteiger partial charge in [-0.15, -0.1) is 0 Å². The van der Waals surface area contributed by atoms with E-state index in [9.17, 15) is 19.5 Å². The van der Waals surface area contributed by atoms with E-state index in [4.69, 9.17) is 9.47 Å². The number of unbranched alkanes of at least 4 members (excludes halogenated alkanes) is 2. The van der Waals surface area contributed by atoms with Crippen molar-refractivity contribution in [1.82, 2.24) is 10.2 Å². The minimum atomic E-state index is -1.06. The number of carbonyl (C=O) groups is 3. The summed E-state index contributed by atoms with van der Waals surface area (Å²) in [5.74, 6) is -1.52. The van der Waals surface area contributed by atoms with E-state index in [0.29, 0.717) is 50.4 Å². The first-order chi connectivity index (χ1) is 17.4. The lowest BCUT2D eigenvalue weighted by atomic mass is 9.70. The fourth-order valence-corrected chi connectivity index (χ4v) is 6.82. The summed E-state index contributed by atoms with van der Waals surface area (Å²) in [6.45, 7) is 5.37. The van der Waals surface area contributed by atoms with Crippen LogP contribution in [0.15, 0.2) is 24.3 Å². The van der Waals surface area contributed by atoms with Gasteiger partial charge in [-0.1, -0.05) is 29.3 Å². The second-order valence-corrected chi connectivity index (χ2v) is 10.9. The van der Waals surface area contributed by atoms with Gasteiger partial charge in [-0.3, -0.25) is 14.4 Å². The van der Waals surface area contributed by atoms with Crippen molar-refractivity contribution in [1.29, 1.82) is 0 Å². The summed E-state index contributed by atoms with van der Waals surface area (Å²) in [5.41, 5.74) is -0.461. The van der Waals surface area contributed by atoms with Crippen molar-refractivity contribution in [2.75, 3.05) is 31.6 Å². The van der Waals surface area contributed by atoms with Crippen LogP contribution < -0.4 is 15.4 Å². The maximum atomic E-state index is 13.8. The van der Waals surface area contributed by atoms with Gasteiger partial charge in [0.15, 0.2) is 0 Å². The molecule has 3 amide bonds. The molecule has 3 heterocycles. The maximum Gasteiger partial charge on any atom is 0.245 e. The number of carbonyl (C=O) groups excluding carboxylic acids is 3. The maximum absolute atomic E-state index is 13.8. The molecule has 0 aliphatic carbocycles. The first kappa shape index (κ1) is 26.9. The van der Waals surface area contributed by atoms with Crippen molar-refractivity contribution >= 4 is 39.3 Å². The van der Waals surface area contributed by atoms with Crippen molar-refractivity contribution in [2.45, 2.75) is 68.5 Å². The number of aliphatic hydroxyl groups excluding tert-OH is 1. The molecule has 6 atom stereocenters. The molecule has 3 unspecified atom stereocenters. The molecule has 1 spiro atoms. The fraction of sp³-hybridized carbons (Fsp3) is 0.654. The molecule has 4 rings (SSSR count). The van der Waals surface area contributed by atoms with Gasteiger partial charge < -0.3 is 30.1 Å². The summed E-state index contributed by atoms with van der Waals surface area (Å²) in [6, 6.07) is 6.29. The Balaban J connectivity index is 1.60. The number of halogens is 1. The molecule has 10 heteroatoms. The van der Waals surface area contributed by atoms with Gasteiger partial charge in [0.2, 0.25) is 17.7 Å². The molecule has 3 aliphatic rings. The van der Waals surface area contributed by atoms with Crippen LogP contribution in [0.25, 0.3) is 0 Å². The van der Waals surface area contributed by atoms with E-state index in [1.54, 1.807) is 29.2 Å². The zero-order valence-electron chi connectivity index (χ0n) is 20.9. The SMILES string of the molecule is CCCCNC(=O)C1N(CCCCO)C(=O)[C@@H]2[C@H](C(=O)Nc3ccc(OCC)cc3)[C@H]3OC12CC3Br. The number of benzene rings is 1. The molecular formula is C26H36BrN3O6. The molecule has 3 saturated heterocycles. The molecule has 0 aromatic heterocycles. The zero-order chi connectivity index (χ0) is 25.9. The summed E-state index contributed by atoms with van der Waals surface area (Å²) in [7, 11) is 0. The Kier molecular flexibility index (Phi) is 8.57. The van der Waals surface area contributed by atoms with Crippen LogP contribution in [-0.2, 0) is 19.1 Å². The Morgan fingerprint density at radius 2 is 1.94 bits per heavy atom. The third-order valence-corrected chi connectivity index (χ3v) is 8.25. The standard InChI is InChI=1S/C26H36BrN3O6/c1-3-5-12-28-24(33)22-26-15-18(27)21(36-26)19(20(26)25(34)30(22)13-6-7-14-31)23(32)29-16-8-10-17(11-9-16)35-4-2/h8-11,18-22,31H,3-7,12-15H2,1-2H3,(H,28,33)(H,29,32)/t18?,19-,20-,21-,22?,26?/m0/s1. The summed E-state index contributed by atoms with van der Waals surface area (Å²) in [6.07, 6.45) is 2.83. The summed E-state index contributed by atoms with van der Waals surface area (Å²) >= 11 is 3.68. The highest BCUT2D eigenvalue weighted by atomic mass is 79.9. The van der Waals surface area contributed by atoms with Crippen LogP contribution in [-0.4, -0.2) is 76.6 Å². The first-order valence-electron chi connectivity index (χ1n) is 12.9. The number of nitrogens with one attached hydrogen (secondary N) is 2. The van der Waals surface area contributed by atoms with Crippen LogP contribution in [0.5, 0.6) is 5.75 Å². The number of alkyl halides is 1. The Bertz CT molecular complexity index is 960. The zero-order valence-corrected chi connectivity index (χ0v) is 22.5. The quantitative estimate of drug-likeness (QED) is 0.265. The Morgan fingerprint density at radius 3 is 2.61 bits per heavy atom. The minimum Gasteiger partial charge on any atom is -0.494 e. The normalized spacial score (nSPS) is 30.4. The highest BCUT2D eigenvalue weighted by Gasteiger charge is 2.76. The summed E-state index contributed by atoms with van der Waals surface area (Å²) < 4.78 is 11.9. The number of anilines is 1. The molecule has 198 valence electrons. The molecule has 36 heavy (non-hydrogen) atoms. The molecule has 3 N–H and O–H groups in total. The highest BCUT2D eigenvalue weighted by molar-refractivity contribution is 9.09. The number of fused-ring (bicyclic) bond motifs is 1. The number of ether oxygens (including phenoxy) is 2. The molecule has 2 bridgehead atoms. The van der Waals surface area contributed by atoms with Crippen LogP contribution in [0.4, 0.5) is 5.69 Å². The summed E-state index contributed by atoms with van der Waals surface area (Å²) in [4.78, 5) is 42.2. The van der Waals surface area contributed by atoms with Crippen molar-refractivity contribution in [3.05, 3.63) is 24.3 Å². The lowest BCUT2D eigenvalue weighted by molar-refractivity contribution is -0.141. The third-order valence-electron chi connectivity index (χ3n) is 7.41. The number of hydrogen-bond acceptors (Lipinski definition) is 6. The molecular weight excluding hydrogens is 530 g/mol. The predicted molar refractivity (Wildman–Crippen MR) is 138 cm³/mol. The average Bonchev–Trinajstić information content (AvgIpc) is 3.44. The molecule has 3 aliphatic heterocycles. The smallest absolute Gasteiger partial charge is 0.245 e. The van der Waals surface area contributed by atoms with Gasteiger partial charge in [0.05, 0.1) is 24.5 Å². The monoisotopic (exact) mass is 565 g/mol. The number of aliphatic hydroxyl groups is 1. The fourth-order valence-electron chi connectivity index (χ4n) is 5.88. The molecule has 9 nitrogen and oxygen atoms in total. The van der Waals surface area contributed by atoms with Gasteiger partial charge >= 0.3 is 0 Å². The molecule has 0 radical (unpaired) electrons. The van der Waals surface area contributed by atoms with Crippen LogP contribution in [0, 0.1) is 11.8 Å². The van der Waals surface area contributed by atoms with E-state index < -0.39 is 29.6 Å². The van der Waals surface area contributed by atoms with Gasteiger partial charge in [-0.2, -0.15) is 0 Å². The van der Waals surface area contributed by atoms with Crippen molar-refractivity contribution < 1.29 is 29.0 Å². The Hall–Kier alpha value is -2.17. The lowest BCUT2D eigenvalue weighted by Gasteiger charge is -2.34. The third kappa shape index (κ3) is 4.87. The molecule has 3 fully saturated rings. The molecule has 0 saturated carbocycles. The Morgan fingerprint density at radius 1 is 1.19 bits per heavy atom. The van der Waals surface area contributed by atoms with E-state index in [2.05, 4.69) is 26.6 Å². The van der Waals surface area contributed by atoms with E-state index in [1.807, 2.05) is 13.8 Å². The van der Waals surface area contributed by atoms with Gasteiger partial charge in [0, 0.05) is 30.2 Å². The lowest BCUT2D eigenvalue weighted by Crippen LogP contribution is -2.56. The second-order valence-electron chi connectivity index (χ2n) is 9.72. The number of nitrogens with zero attached hydrogens (tertiary/aromatic N) is 1. The van der Waals surface area contributed by atoms with E-state index in [0.717, 1.165) is 12.8 Å². The van der Waals surface area contributed by atoms with E-state index >= 15 is 0 Å². The second kappa shape index (κ2) is 11.5. The molecule has 1 aromatic rings. The van der Waals surface area contributed by atoms with Crippen molar-refractivity contribution in [2.24, 2.45) is 11.8 Å². The van der Waals surface area contributed by atoms with Gasteiger partial charge in [0.25, 0.3) is 0 Å². The van der Waals surface area contributed by atoms with Gasteiger partial charge in [-0.25, -0.2) is 0 Å². The van der Waals surface area contributed by atoms with Crippen LogP contribution in [0.1, 0.15) is 46.0 Å². The van der Waals surface area contributed by atoms with Crippen LogP contribution in [0.2, 0.25) is 0 Å². The Labute approximate surface area is 220 Å².